The van der Waals surface area contributed by atoms with Gasteiger partial charge in [-0.3, -0.25) is 14.6 Å². The van der Waals surface area contributed by atoms with E-state index in [1.54, 1.807) is 25.1 Å². The van der Waals surface area contributed by atoms with Crippen LogP contribution in [0.15, 0.2) is 42.6 Å². The molecule has 3 aromatic rings. The quantitative estimate of drug-likeness (QED) is 0.249. The Bertz CT molecular complexity index is 1480. The molecule has 0 spiro atoms. The van der Waals surface area contributed by atoms with E-state index in [2.05, 4.69) is 15.6 Å². The van der Waals surface area contributed by atoms with Crippen molar-refractivity contribution in [3.05, 3.63) is 64.8 Å². The maximum atomic E-state index is 15.6. The fourth-order valence-electron chi connectivity index (χ4n) is 4.38. The number of nitrogens with zero attached hydrogens (tertiary/aromatic N) is 4. The number of pyridine rings is 1. The number of urea groups is 1. The summed E-state index contributed by atoms with van der Waals surface area (Å²) in [6.45, 7) is 3.55. The Morgan fingerprint density at radius 2 is 1.88 bits per heavy atom. The SMILES string of the molecule is CCN1C(=O)N(c2c(F)cc(NCCNCCOCCC(=O)O)cc2F)c2cc(C#N)ccc2-c2cc(Cl)cnc21. The number of rotatable bonds is 12. The third-order valence-corrected chi connectivity index (χ3v) is 6.45. The molecule has 0 saturated carbocycles. The van der Waals surface area contributed by atoms with Gasteiger partial charge in [-0.2, -0.15) is 5.26 Å². The second kappa shape index (κ2) is 13.4. The van der Waals surface area contributed by atoms with E-state index in [4.69, 9.17) is 21.4 Å². The number of carbonyl (C=O) groups is 2. The summed E-state index contributed by atoms with van der Waals surface area (Å²) in [5.41, 5.74) is 0.794. The number of aliphatic carboxylic acids is 1. The van der Waals surface area contributed by atoms with E-state index >= 15 is 8.78 Å². The first-order valence-corrected chi connectivity index (χ1v) is 13.2. The van der Waals surface area contributed by atoms with Crippen LogP contribution in [0, 0.1) is 23.0 Å². The second-order valence-corrected chi connectivity index (χ2v) is 9.39. The highest BCUT2D eigenvalue weighted by molar-refractivity contribution is 6.31. The molecule has 0 atom stereocenters. The molecule has 2 amide bonds. The number of ether oxygens (including phenoxy) is 1. The number of hydrogen-bond acceptors (Lipinski definition) is 7. The number of nitrogens with one attached hydrogen (secondary N) is 2. The van der Waals surface area contributed by atoms with Crippen LogP contribution in [0.1, 0.15) is 18.9 Å². The van der Waals surface area contributed by atoms with E-state index in [9.17, 15) is 14.9 Å². The summed E-state index contributed by atoms with van der Waals surface area (Å²) in [6, 6.07) is 9.61. The topological polar surface area (TPSA) is 131 Å². The lowest BCUT2D eigenvalue weighted by Gasteiger charge is -2.28. The van der Waals surface area contributed by atoms with Gasteiger partial charge in [0.2, 0.25) is 0 Å². The van der Waals surface area contributed by atoms with Crippen LogP contribution in [0.5, 0.6) is 0 Å². The zero-order valence-electron chi connectivity index (χ0n) is 22.1. The van der Waals surface area contributed by atoms with Gasteiger partial charge < -0.3 is 20.5 Å². The van der Waals surface area contributed by atoms with Gasteiger partial charge in [0, 0.05) is 49.2 Å². The van der Waals surface area contributed by atoms with Gasteiger partial charge >= 0.3 is 12.0 Å². The number of nitriles is 1. The summed E-state index contributed by atoms with van der Waals surface area (Å²) in [4.78, 5) is 30.9. The summed E-state index contributed by atoms with van der Waals surface area (Å²) in [5.74, 6) is -2.63. The minimum Gasteiger partial charge on any atom is -0.481 e. The summed E-state index contributed by atoms with van der Waals surface area (Å²) >= 11 is 6.21. The average molecular weight is 585 g/mol. The summed E-state index contributed by atoms with van der Waals surface area (Å²) in [6.07, 6.45) is 1.32. The molecule has 41 heavy (non-hydrogen) atoms. The number of carboxylic acid groups (broad SMARTS) is 1. The van der Waals surface area contributed by atoms with Gasteiger partial charge in [-0.05, 0) is 37.3 Å². The van der Waals surface area contributed by atoms with Crippen molar-refractivity contribution in [2.24, 2.45) is 0 Å². The number of amides is 2. The van der Waals surface area contributed by atoms with Crippen molar-refractivity contribution in [1.29, 1.82) is 5.26 Å². The van der Waals surface area contributed by atoms with E-state index in [-0.39, 0.29) is 42.3 Å². The van der Waals surface area contributed by atoms with Gasteiger partial charge in [0.25, 0.3) is 0 Å². The van der Waals surface area contributed by atoms with Crippen LogP contribution in [-0.2, 0) is 9.53 Å². The number of benzene rings is 2. The van der Waals surface area contributed by atoms with Crippen molar-refractivity contribution >= 4 is 46.5 Å². The van der Waals surface area contributed by atoms with Gasteiger partial charge in [-0.1, -0.05) is 17.7 Å². The summed E-state index contributed by atoms with van der Waals surface area (Å²) in [5, 5.41) is 24.4. The highest BCUT2D eigenvalue weighted by Gasteiger charge is 2.36. The lowest BCUT2D eigenvalue weighted by atomic mass is 10.0. The van der Waals surface area contributed by atoms with Crippen LogP contribution in [0.2, 0.25) is 5.02 Å². The minimum atomic E-state index is -0.984. The monoisotopic (exact) mass is 584 g/mol. The Hall–Kier alpha value is -4.31. The Kier molecular flexibility index (Phi) is 9.67. The molecular weight excluding hydrogens is 558 g/mol. The van der Waals surface area contributed by atoms with E-state index < -0.39 is 29.3 Å². The molecule has 0 radical (unpaired) electrons. The van der Waals surface area contributed by atoms with E-state index in [1.165, 1.54) is 17.2 Å². The molecule has 214 valence electrons. The van der Waals surface area contributed by atoms with Crippen LogP contribution < -0.4 is 20.4 Å². The Balaban J connectivity index is 1.58. The molecule has 4 rings (SSSR count). The van der Waals surface area contributed by atoms with Crippen molar-refractivity contribution in [3.63, 3.8) is 0 Å². The Morgan fingerprint density at radius 3 is 2.56 bits per heavy atom. The molecule has 1 aliphatic heterocycles. The summed E-state index contributed by atoms with van der Waals surface area (Å²) in [7, 11) is 0. The number of fused-ring (bicyclic) bond motifs is 3. The van der Waals surface area contributed by atoms with Crippen molar-refractivity contribution < 1.29 is 28.2 Å². The van der Waals surface area contributed by atoms with E-state index in [0.29, 0.717) is 42.4 Å². The molecular formula is C28H27ClF2N6O4. The third kappa shape index (κ3) is 6.71. The molecule has 2 aromatic carbocycles. The first kappa shape index (κ1) is 29.7. The maximum Gasteiger partial charge on any atom is 0.334 e. The maximum absolute atomic E-state index is 15.6. The van der Waals surface area contributed by atoms with Gasteiger partial charge in [0.15, 0.2) is 11.6 Å². The van der Waals surface area contributed by atoms with Gasteiger partial charge in [0.1, 0.15) is 11.5 Å². The molecule has 0 unspecified atom stereocenters. The molecule has 3 N–H and O–H groups in total. The first-order valence-electron chi connectivity index (χ1n) is 12.8. The lowest BCUT2D eigenvalue weighted by Crippen LogP contribution is -2.41. The Morgan fingerprint density at radius 1 is 1.12 bits per heavy atom. The summed E-state index contributed by atoms with van der Waals surface area (Å²) < 4.78 is 36.5. The van der Waals surface area contributed by atoms with Crippen LogP contribution in [0.3, 0.4) is 0 Å². The number of carbonyl (C=O) groups excluding carboxylic acids is 1. The van der Waals surface area contributed by atoms with E-state index in [0.717, 1.165) is 17.0 Å². The van der Waals surface area contributed by atoms with Crippen LogP contribution in [0.25, 0.3) is 11.1 Å². The molecule has 0 fully saturated rings. The van der Waals surface area contributed by atoms with Crippen LogP contribution in [0.4, 0.5) is 36.5 Å². The van der Waals surface area contributed by atoms with Gasteiger partial charge in [-0.25, -0.2) is 18.6 Å². The smallest absolute Gasteiger partial charge is 0.334 e. The lowest BCUT2D eigenvalue weighted by molar-refractivity contribution is -0.138. The molecule has 1 aromatic heterocycles. The predicted octanol–water partition coefficient (Wildman–Crippen LogP) is 5.14. The average Bonchev–Trinajstić information content (AvgIpc) is 3.03. The minimum absolute atomic E-state index is 0.0720. The molecule has 2 heterocycles. The van der Waals surface area contributed by atoms with Crippen molar-refractivity contribution in [1.82, 2.24) is 10.3 Å². The highest BCUT2D eigenvalue weighted by atomic mass is 35.5. The molecule has 1 aliphatic rings. The number of hydrogen-bond donors (Lipinski definition) is 3. The number of carboxylic acids is 1. The second-order valence-electron chi connectivity index (χ2n) is 8.95. The third-order valence-electron chi connectivity index (χ3n) is 6.24. The number of aromatic nitrogens is 1. The fraction of sp³-hybridized carbons (Fsp3) is 0.286. The van der Waals surface area contributed by atoms with Gasteiger partial charge in [-0.15, -0.1) is 0 Å². The van der Waals surface area contributed by atoms with E-state index in [1.807, 2.05) is 6.07 Å². The van der Waals surface area contributed by atoms with Crippen molar-refractivity contribution in [3.8, 4) is 17.2 Å². The number of halogens is 3. The normalized spacial score (nSPS) is 12.4. The molecule has 10 nitrogen and oxygen atoms in total. The molecule has 0 aliphatic carbocycles. The standard InChI is InChI=1S/C28H27ClF2N6O4/c1-2-36-27-21(12-18(29)16-35-27)20-4-3-17(15-32)11-24(20)37(28(36)40)26-22(30)13-19(14-23(26)31)34-7-6-33-8-10-41-9-5-25(38)39/h3-4,11-14,16,33-34H,2,5-10H2,1H3,(H,38,39). The first-order chi connectivity index (χ1) is 19.7. The largest absolute Gasteiger partial charge is 0.481 e. The molecule has 0 saturated heterocycles. The van der Waals surface area contributed by atoms with Crippen LogP contribution >= 0.6 is 11.6 Å². The molecule has 13 heteroatoms. The van der Waals surface area contributed by atoms with Gasteiger partial charge in [0.05, 0.1) is 42.0 Å². The predicted molar refractivity (Wildman–Crippen MR) is 151 cm³/mol. The zero-order chi connectivity index (χ0) is 29.5. The highest BCUT2D eigenvalue weighted by Crippen LogP contribution is 2.45. The van der Waals surface area contributed by atoms with Crippen molar-refractivity contribution in [2.45, 2.75) is 13.3 Å². The number of anilines is 4. The zero-order valence-corrected chi connectivity index (χ0v) is 22.8. The van der Waals surface area contributed by atoms with Crippen LogP contribution in [-0.4, -0.2) is 61.5 Å². The van der Waals surface area contributed by atoms with Crippen molar-refractivity contribution in [2.75, 3.05) is 54.5 Å². The Labute approximate surface area is 240 Å². The molecule has 0 bridgehead atoms. The fourth-order valence-corrected chi connectivity index (χ4v) is 4.54.